The molecule has 0 aromatic carbocycles. The Hall–Kier alpha value is -0.420. The van der Waals surface area contributed by atoms with Crippen LogP contribution in [0.3, 0.4) is 0 Å². The van der Waals surface area contributed by atoms with Crippen molar-refractivity contribution in [1.29, 1.82) is 0 Å². The summed E-state index contributed by atoms with van der Waals surface area (Å²) in [5.74, 6) is -0.449. The van der Waals surface area contributed by atoms with E-state index in [0.717, 1.165) is 0 Å². The van der Waals surface area contributed by atoms with E-state index in [9.17, 15) is 9.36 Å². The van der Waals surface area contributed by atoms with Gasteiger partial charge in [-0.05, 0) is 13.8 Å². The lowest BCUT2D eigenvalue weighted by molar-refractivity contribution is -0.148. The highest BCUT2D eigenvalue weighted by Crippen LogP contribution is 2.50. The minimum absolute atomic E-state index is 0.0119. The molecule has 1 saturated heterocycles. The molecule has 0 aromatic heterocycles. The molecule has 0 saturated carbocycles. The second-order valence-corrected chi connectivity index (χ2v) is 5.96. The molecular formula is C11H21O6P. The van der Waals surface area contributed by atoms with Crippen molar-refractivity contribution in [3.05, 3.63) is 0 Å². The van der Waals surface area contributed by atoms with Gasteiger partial charge in [0.1, 0.15) is 12.2 Å². The lowest BCUT2D eigenvalue weighted by Gasteiger charge is -2.23. The Balaban J connectivity index is 2.70. The van der Waals surface area contributed by atoms with E-state index in [1.54, 1.807) is 13.8 Å². The first-order valence-electron chi connectivity index (χ1n) is 6.61. The fourth-order valence-corrected chi connectivity index (χ4v) is 3.60. The molecule has 0 amide bonds. The molecule has 0 N–H and O–H groups in total. The van der Waals surface area contributed by atoms with Crippen molar-refractivity contribution in [2.75, 3.05) is 26.0 Å². The molecule has 0 spiro atoms. The highest BCUT2D eigenvalue weighted by Gasteiger charge is 2.38. The van der Waals surface area contributed by atoms with Crippen LogP contribution >= 0.6 is 7.60 Å². The minimum Gasteiger partial charge on any atom is -0.460 e. The summed E-state index contributed by atoms with van der Waals surface area (Å²) in [5, 5.41) is 0. The zero-order chi connectivity index (χ0) is 14.5. The van der Waals surface area contributed by atoms with Gasteiger partial charge in [0.2, 0.25) is 0 Å². The molecule has 0 aliphatic carbocycles. The SMILES string of the molecule is [3H][C@H]1C[C@@H](OC(C)=O)[C@@H](CP(=O)(OCC)OCC)O1. The van der Waals surface area contributed by atoms with Crippen molar-refractivity contribution in [2.24, 2.45) is 0 Å². The summed E-state index contributed by atoms with van der Waals surface area (Å²) >= 11 is 0. The van der Waals surface area contributed by atoms with Gasteiger partial charge in [-0.3, -0.25) is 9.36 Å². The molecule has 0 aromatic rings. The Labute approximate surface area is 109 Å². The van der Waals surface area contributed by atoms with Crippen molar-refractivity contribution in [1.82, 2.24) is 0 Å². The fraction of sp³-hybridized carbons (Fsp3) is 0.909. The number of carbonyl (C=O) groups excluding carboxylic acids is 1. The number of ether oxygens (including phenoxy) is 2. The molecule has 3 atom stereocenters. The zero-order valence-corrected chi connectivity index (χ0v) is 11.9. The van der Waals surface area contributed by atoms with Gasteiger partial charge in [-0.25, -0.2) is 0 Å². The molecule has 1 aliphatic heterocycles. The van der Waals surface area contributed by atoms with Crippen LogP contribution in [0.15, 0.2) is 0 Å². The van der Waals surface area contributed by atoms with Crippen LogP contribution in [0.4, 0.5) is 0 Å². The maximum atomic E-state index is 12.4. The van der Waals surface area contributed by atoms with Gasteiger partial charge in [0.15, 0.2) is 0 Å². The lowest BCUT2D eigenvalue weighted by atomic mass is 10.2. The van der Waals surface area contributed by atoms with Gasteiger partial charge in [-0.2, -0.15) is 0 Å². The van der Waals surface area contributed by atoms with E-state index in [0.29, 0.717) is 0 Å². The Morgan fingerprint density at radius 2 is 2.06 bits per heavy atom. The maximum absolute atomic E-state index is 12.4. The van der Waals surface area contributed by atoms with Crippen molar-refractivity contribution in [3.63, 3.8) is 0 Å². The summed E-state index contributed by atoms with van der Waals surface area (Å²) in [6.07, 6.45) is -0.950. The molecule has 6 nitrogen and oxygen atoms in total. The number of hydrogen-bond acceptors (Lipinski definition) is 6. The standard InChI is InChI=1S/C11H21O6P/c1-4-15-18(13,16-5-2)8-11-10(6-7-14-11)17-9(3)12/h10-11H,4-8H2,1-3H3/t10-,11-/m1/s1/i7T/t7-,10+,11+/m0. The van der Waals surface area contributed by atoms with E-state index in [-0.39, 0.29) is 25.8 Å². The quantitative estimate of drug-likeness (QED) is 0.525. The van der Waals surface area contributed by atoms with Gasteiger partial charge in [0.05, 0.1) is 27.3 Å². The summed E-state index contributed by atoms with van der Waals surface area (Å²) < 4.78 is 40.7. The molecule has 0 bridgehead atoms. The third-order valence-corrected chi connectivity index (χ3v) is 4.50. The van der Waals surface area contributed by atoms with Crippen molar-refractivity contribution in [2.45, 2.75) is 39.4 Å². The number of rotatable bonds is 7. The Kier molecular flexibility index (Phi) is 5.63. The predicted molar refractivity (Wildman–Crippen MR) is 65.6 cm³/mol. The first kappa shape index (κ1) is 14.0. The maximum Gasteiger partial charge on any atom is 0.333 e. The molecule has 18 heavy (non-hydrogen) atoms. The summed E-state index contributed by atoms with van der Waals surface area (Å²) in [6, 6.07) is 0. The van der Waals surface area contributed by atoms with Gasteiger partial charge in [0.25, 0.3) is 0 Å². The fourth-order valence-electron chi connectivity index (χ4n) is 1.77. The lowest BCUT2D eigenvalue weighted by Crippen LogP contribution is -2.30. The summed E-state index contributed by atoms with van der Waals surface area (Å²) in [7, 11) is -3.28. The van der Waals surface area contributed by atoms with Crippen LogP contribution in [-0.4, -0.2) is 44.1 Å². The number of carbonyl (C=O) groups is 1. The molecule has 106 valence electrons. The first-order chi connectivity index (χ1) is 8.90. The van der Waals surface area contributed by atoms with E-state index >= 15 is 0 Å². The predicted octanol–water partition coefficient (Wildman–Crippen LogP) is 1.97. The van der Waals surface area contributed by atoms with Crippen LogP contribution in [0.5, 0.6) is 0 Å². The third kappa shape index (κ3) is 4.69. The van der Waals surface area contributed by atoms with Gasteiger partial charge < -0.3 is 18.5 Å². The van der Waals surface area contributed by atoms with E-state index in [2.05, 4.69) is 0 Å². The zero-order valence-electron chi connectivity index (χ0n) is 12.0. The van der Waals surface area contributed by atoms with E-state index in [4.69, 9.17) is 19.9 Å². The molecule has 7 heteroatoms. The Morgan fingerprint density at radius 1 is 1.44 bits per heavy atom. The molecule has 1 aliphatic rings. The Bertz CT molecular complexity index is 340. The topological polar surface area (TPSA) is 71.1 Å². The van der Waals surface area contributed by atoms with Gasteiger partial charge in [-0.1, -0.05) is 0 Å². The smallest absolute Gasteiger partial charge is 0.333 e. The average molecular weight is 282 g/mol. The van der Waals surface area contributed by atoms with Crippen molar-refractivity contribution >= 4 is 13.6 Å². The molecule has 0 radical (unpaired) electrons. The number of esters is 1. The van der Waals surface area contributed by atoms with Gasteiger partial charge >= 0.3 is 13.6 Å². The van der Waals surface area contributed by atoms with Gasteiger partial charge in [0, 0.05) is 13.3 Å². The highest BCUT2D eigenvalue weighted by molar-refractivity contribution is 7.53. The molecule has 1 rings (SSSR count). The first-order valence-corrected chi connectivity index (χ1v) is 7.76. The molecular weight excluding hydrogens is 259 g/mol. The second-order valence-electron chi connectivity index (χ2n) is 3.85. The largest absolute Gasteiger partial charge is 0.460 e. The molecule has 1 fully saturated rings. The van der Waals surface area contributed by atoms with Crippen LogP contribution in [0.1, 0.15) is 28.6 Å². The molecule has 1 heterocycles. The van der Waals surface area contributed by atoms with Gasteiger partial charge in [-0.15, -0.1) is 0 Å². The summed E-state index contributed by atoms with van der Waals surface area (Å²) in [4.78, 5) is 11.0. The number of hydrogen-bond donors (Lipinski definition) is 0. The average Bonchev–Trinajstić information content (AvgIpc) is 2.57. The summed E-state index contributed by atoms with van der Waals surface area (Å²) in [6.45, 7) is 4.46. The second kappa shape index (κ2) is 7.24. The van der Waals surface area contributed by atoms with Crippen LogP contribution in [0, 0.1) is 0 Å². The van der Waals surface area contributed by atoms with Crippen LogP contribution in [0.2, 0.25) is 0 Å². The van der Waals surface area contributed by atoms with E-state index in [1.807, 2.05) is 0 Å². The molecule has 0 unspecified atom stereocenters. The Morgan fingerprint density at radius 3 is 2.56 bits per heavy atom. The van der Waals surface area contributed by atoms with E-state index < -0.39 is 32.4 Å². The minimum atomic E-state index is -3.28. The van der Waals surface area contributed by atoms with Crippen LogP contribution in [0.25, 0.3) is 0 Å². The van der Waals surface area contributed by atoms with Crippen LogP contribution < -0.4 is 0 Å². The van der Waals surface area contributed by atoms with Crippen molar-refractivity contribution in [3.8, 4) is 0 Å². The van der Waals surface area contributed by atoms with Crippen molar-refractivity contribution < 1.29 is 29.3 Å². The summed E-state index contributed by atoms with van der Waals surface area (Å²) in [5.41, 5.74) is 0. The monoisotopic (exact) mass is 282 g/mol. The normalized spacial score (nSPS) is 29.1. The van der Waals surface area contributed by atoms with E-state index in [1.165, 1.54) is 6.92 Å². The third-order valence-electron chi connectivity index (χ3n) is 2.39. The van der Waals surface area contributed by atoms with Crippen LogP contribution in [-0.2, 0) is 27.9 Å². The highest BCUT2D eigenvalue weighted by atomic mass is 31.2.